The molecule has 2 aromatic rings. The summed E-state index contributed by atoms with van der Waals surface area (Å²) in [5.74, 6) is 1.84. The molecule has 0 radical (unpaired) electrons. The van der Waals surface area contributed by atoms with Crippen LogP contribution >= 0.6 is 23.1 Å². The number of hydrogen-bond donors (Lipinski definition) is 1. The van der Waals surface area contributed by atoms with Gasteiger partial charge in [0.25, 0.3) is 0 Å². The SMILES string of the molecule is CCCCN(CCCC)C(=O)CSc1nc(N)c2c3c(sc2n1)C[C@@H](C)CC3. The Morgan fingerprint density at radius 2 is 1.96 bits per heavy atom. The highest BCUT2D eigenvalue weighted by Gasteiger charge is 2.23. The number of aryl methyl sites for hydroxylation is 1. The molecular formula is C21H32N4OS2. The Kier molecular flexibility index (Phi) is 7.57. The molecule has 1 atom stereocenters. The summed E-state index contributed by atoms with van der Waals surface area (Å²) < 4.78 is 0. The van der Waals surface area contributed by atoms with Gasteiger partial charge < -0.3 is 10.6 Å². The van der Waals surface area contributed by atoms with Gasteiger partial charge in [-0.25, -0.2) is 9.97 Å². The maximum Gasteiger partial charge on any atom is 0.233 e. The van der Waals surface area contributed by atoms with Crippen LogP contribution in [0.3, 0.4) is 0 Å². The zero-order chi connectivity index (χ0) is 20.1. The third-order valence-corrected chi connectivity index (χ3v) is 7.38. The molecule has 2 N–H and O–H groups in total. The molecule has 1 amide bonds. The number of amides is 1. The lowest BCUT2D eigenvalue weighted by Crippen LogP contribution is -2.34. The first kappa shape index (κ1) is 21.4. The maximum absolute atomic E-state index is 12.7. The zero-order valence-corrected chi connectivity index (χ0v) is 18.9. The van der Waals surface area contributed by atoms with E-state index in [1.165, 1.54) is 28.6 Å². The number of anilines is 1. The lowest BCUT2D eigenvalue weighted by atomic mass is 9.89. The van der Waals surface area contributed by atoms with Crippen LogP contribution in [0, 0.1) is 5.92 Å². The summed E-state index contributed by atoms with van der Waals surface area (Å²) in [5, 5.41) is 1.67. The second-order valence-electron chi connectivity index (χ2n) is 7.80. The van der Waals surface area contributed by atoms with Gasteiger partial charge in [0.2, 0.25) is 5.91 Å². The van der Waals surface area contributed by atoms with Gasteiger partial charge >= 0.3 is 0 Å². The Morgan fingerprint density at radius 3 is 2.64 bits per heavy atom. The standard InChI is InChI=1S/C21H32N4OS2/c1-4-6-10-25(11-7-5-2)17(26)13-27-21-23-19(22)18-15-9-8-14(3)12-16(15)28-20(18)24-21/h14H,4-13H2,1-3H3,(H2,22,23,24)/t14-/m0/s1. The van der Waals surface area contributed by atoms with Crippen LogP contribution in [0.2, 0.25) is 0 Å². The van der Waals surface area contributed by atoms with Crippen LogP contribution in [0.15, 0.2) is 5.16 Å². The van der Waals surface area contributed by atoms with Crippen molar-refractivity contribution in [1.82, 2.24) is 14.9 Å². The summed E-state index contributed by atoms with van der Waals surface area (Å²) in [6.45, 7) is 8.30. The van der Waals surface area contributed by atoms with Gasteiger partial charge in [0.05, 0.1) is 11.1 Å². The molecule has 7 heteroatoms. The van der Waals surface area contributed by atoms with Gasteiger partial charge in [-0.2, -0.15) is 0 Å². The van der Waals surface area contributed by atoms with Crippen LogP contribution in [0.4, 0.5) is 5.82 Å². The van der Waals surface area contributed by atoms with Crippen LogP contribution in [0.5, 0.6) is 0 Å². The first-order valence-corrected chi connectivity index (χ1v) is 12.3. The topological polar surface area (TPSA) is 72.1 Å². The van der Waals surface area contributed by atoms with Crippen molar-refractivity contribution in [2.45, 2.75) is 70.9 Å². The van der Waals surface area contributed by atoms with Gasteiger partial charge in [0.15, 0.2) is 5.16 Å². The molecule has 154 valence electrons. The largest absolute Gasteiger partial charge is 0.383 e. The molecule has 0 bridgehead atoms. The van der Waals surface area contributed by atoms with Gasteiger partial charge in [-0.05, 0) is 43.6 Å². The Labute approximate surface area is 176 Å². The number of nitrogen functional groups attached to an aromatic ring is 1. The fraction of sp³-hybridized carbons (Fsp3) is 0.667. The quantitative estimate of drug-likeness (QED) is 0.460. The molecule has 0 spiro atoms. The molecule has 0 saturated heterocycles. The van der Waals surface area contributed by atoms with E-state index in [-0.39, 0.29) is 5.91 Å². The van der Waals surface area contributed by atoms with E-state index in [1.807, 2.05) is 4.90 Å². The molecule has 0 unspecified atom stereocenters. The Bertz CT molecular complexity index is 812. The predicted molar refractivity (Wildman–Crippen MR) is 120 cm³/mol. The average Bonchev–Trinajstić information content (AvgIpc) is 3.04. The minimum Gasteiger partial charge on any atom is -0.383 e. The molecule has 3 rings (SSSR count). The van der Waals surface area contributed by atoms with E-state index in [0.717, 1.165) is 67.7 Å². The number of rotatable bonds is 9. The number of hydrogen-bond acceptors (Lipinski definition) is 6. The van der Waals surface area contributed by atoms with Crippen molar-refractivity contribution >= 4 is 45.0 Å². The maximum atomic E-state index is 12.7. The number of carbonyl (C=O) groups is 1. The van der Waals surface area contributed by atoms with Crippen molar-refractivity contribution in [3.63, 3.8) is 0 Å². The second kappa shape index (κ2) is 9.92. The van der Waals surface area contributed by atoms with Crippen molar-refractivity contribution < 1.29 is 4.79 Å². The molecular weight excluding hydrogens is 388 g/mol. The van der Waals surface area contributed by atoms with Gasteiger partial charge in [0, 0.05) is 18.0 Å². The summed E-state index contributed by atoms with van der Waals surface area (Å²) in [4.78, 5) is 26.3. The van der Waals surface area contributed by atoms with Crippen LogP contribution in [0.25, 0.3) is 10.2 Å². The minimum absolute atomic E-state index is 0.175. The summed E-state index contributed by atoms with van der Waals surface area (Å²) in [5.41, 5.74) is 7.66. The van der Waals surface area contributed by atoms with Gasteiger partial charge in [-0.3, -0.25) is 4.79 Å². The minimum atomic E-state index is 0.175. The number of thiophene rings is 1. The average molecular weight is 421 g/mol. The van der Waals surface area contributed by atoms with Crippen LogP contribution in [-0.4, -0.2) is 39.6 Å². The van der Waals surface area contributed by atoms with Gasteiger partial charge in [0.1, 0.15) is 10.6 Å². The fourth-order valence-corrected chi connectivity index (χ4v) is 5.89. The first-order chi connectivity index (χ1) is 13.5. The Morgan fingerprint density at radius 1 is 1.25 bits per heavy atom. The monoisotopic (exact) mass is 420 g/mol. The van der Waals surface area contributed by atoms with Crippen LogP contribution in [0.1, 0.15) is 63.3 Å². The number of nitrogens with two attached hydrogens (primary N) is 1. The van der Waals surface area contributed by atoms with Crippen LogP contribution in [-0.2, 0) is 17.6 Å². The van der Waals surface area contributed by atoms with Gasteiger partial charge in [-0.1, -0.05) is 45.4 Å². The molecule has 0 aliphatic heterocycles. The molecule has 1 aliphatic rings. The number of fused-ring (bicyclic) bond motifs is 3. The summed E-state index contributed by atoms with van der Waals surface area (Å²) in [6.07, 6.45) is 7.68. The Hall–Kier alpha value is -1.34. The molecule has 2 aromatic heterocycles. The molecule has 1 aliphatic carbocycles. The van der Waals surface area contributed by atoms with E-state index in [0.29, 0.717) is 16.7 Å². The normalized spacial score (nSPS) is 16.3. The molecule has 2 heterocycles. The fourth-order valence-electron chi connectivity index (χ4n) is 3.69. The van der Waals surface area contributed by atoms with E-state index in [1.54, 1.807) is 11.3 Å². The van der Waals surface area contributed by atoms with Crippen molar-refractivity contribution in [3.8, 4) is 0 Å². The van der Waals surface area contributed by atoms with Crippen molar-refractivity contribution in [3.05, 3.63) is 10.4 Å². The number of carbonyl (C=O) groups excluding carboxylic acids is 1. The highest BCUT2D eigenvalue weighted by atomic mass is 32.2. The van der Waals surface area contributed by atoms with Crippen molar-refractivity contribution in [2.75, 3.05) is 24.6 Å². The van der Waals surface area contributed by atoms with E-state index >= 15 is 0 Å². The predicted octanol–water partition coefficient (Wildman–Crippen LogP) is 4.92. The lowest BCUT2D eigenvalue weighted by Gasteiger charge is -2.22. The highest BCUT2D eigenvalue weighted by molar-refractivity contribution is 7.99. The van der Waals surface area contributed by atoms with Crippen molar-refractivity contribution in [2.24, 2.45) is 5.92 Å². The third kappa shape index (κ3) is 4.98. The summed E-state index contributed by atoms with van der Waals surface area (Å²) in [6, 6.07) is 0. The van der Waals surface area contributed by atoms with Gasteiger partial charge in [-0.15, -0.1) is 11.3 Å². The molecule has 0 fully saturated rings. The molecule has 0 aromatic carbocycles. The van der Waals surface area contributed by atoms with E-state index in [2.05, 4.69) is 25.8 Å². The first-order valence-electron chi connectivity index (χ1n) is 10.5. The number of aromatic nitrogens is 2. The molecule has 0 saturated carbocycles. The highest BCUT2D eigenvalue weighted by Crippen LogP contribution is 2.39. The van der Waals surface area contributed by atoms with E-state index in [4.69, 9.17) is 10.7 Å². The molecule has 5 nitrogen and oxygen atoms in total. The number of unbranched alkanes of at least 4 members (excludes halogenated alkanes) is 2. The Balaban J connectivity index is 1.71. The van der Waals surface area contributed by atoms with Crippen LogP contribution < -0.4 is 5.73 Å². The summed E-state index contributed by atoms with van der Waals surface area (Å²) in [7, 11) is 0. The van der Waals surface area contributed by atoms with E-state index < -0.39 is 0 Å². The van der Waals surface area contributed by atoms with Crippen molar-refractivity contribution in [1.29, 1.82) is 0 Å². The molecule has 28 heavy (non-hydrogen) atoms. The number of thioether (sulfide) groups is 1. The third-order valence-electron chi connectivity index (χ3n) is 5.40. The lowest BCUT2D eigenvalue weighted by molar-refractivity contribution is -0.128. The zero-order valence-electron chi connectivity index (χ0n) is 17.3. The summed E-state index contributed by atoms with van der Waals surface area (Å²) >= 11 is 3.17. The van der Waals surface area contributed by atoms with E-state index in [9.17, 15) is 4.79 Å². The smallest absolute Gasteiger partial charge is 0.233 e. The number of nitrogens with zero attached hydrogens (tertiary/aromatic N) is 3. The second-order valence-corrected chi connectivity index (χ2v) is 9.83.